The Balaban J connectivity index is 1.60. The second-order valence-corrected chi connectivity index (χ2v) is 6.76. The van der Waals surface area contributed by atoms with Crippen LogP contribution in [0.25, 0.3) is 10.8 Å². The number of benzene rings is 3. The zero-order chi connectivity index (χ0) is 19.4. The molecule has 0 aliphatic heterocycles. The maximum atomic E-state index is 13.4. The van der Waals surface area contributed by atoms with Crippen LogP contribution in [-0.2, 0) is 4.79 Å². The number of hydrogen-bond donors (Lipinski definition) is 2. The number of halogens is 2. The third kappa shape index (κ3) is 4.49. The van der Waals surface area contributed by atoms with Crippen LogP contribution >= 0.6 is 0 Å². The average molecular weight is 369 g/mol. The van der Waals surface area contributed by atoms with Gasteiger partial charge in [-0.05, 0) is 48.4 Å². The van der Waals surface area contributed by atoms with Crippen LogP contribution in [0.15, 0.2) is 60.7 Å². The molecule has 0 unspecified atom stereocenters. The van der Waals surface area contributed by atoms with Gasteiger partial charge in [0, 0.05) is 5.56 Å². The fourth-order valence-corrected chi connectivity index (χ4v) is 3.22. The molecule has 0 saturated heterocycles. The Kier molecular flexibility index (Phi) is 5.81. The molecule has 0 heterocycles. The van der Waals surface area contributed by atoms with Gasteiger partial charge in [0.15, 0.2) is 18.2 Å². The van der Waals surface area contributed by atoms with Crippen molar-refractivity contribution in [3.8, 4) is 0 Å². The highest BCUT2D eigenvalue weighted by Crippen LogP contribution is 2.23. The normalized spacial score (nSPS) is 13.3. The summed E-state index contributed by atoms with van der Waals surface area (Å²) in [5.41, 5.74) is 1.71. The molecule has 3 aromatic carbocycles. The zero-order valence-electron chi connectivity index (χ0n) is 15.4. The van der Waals surface area contributed by atoms with Crippen LogP contribution in [0.4, 0.5) is 8.78 Å². The summed E-state index contributed by atoms with van der Waals surface area (Å²) in [5, 5.41) is 7.07. The van der Waals surface area contributed by atoms with Gasteiger partial charge in [0.1, 0.15) is 6.04 Å². The number of amides is 1. The largest absolute Gasteiger partial charge is 0.345 e. The molecule has 0 aromatic heterocycles. The molecule has 2 atom stereocenters. The van der Waals surface area contributed by atoms with Gasteiger partial charge in [-0.1, -0.05) is 42.5 Å². The van der Waals surface area contributed by atoms with Gasteiger partial charge in [0.05, 0.1) is 6.04 Å². The molecule has 0 radical (unpaired) electrons. The number of quaternary nitrogens is 1. The van der Waals surface area contributed by atoms with E-state index >= 15 is 0 Å². The Labute approximate surface area is 157 Å². The molecule has 140 valence electrons. The Morgan fingerprint density at radius 3 is 2.52 bits per heavy atom. The van der Waals surface area contributed by atoms with E-state index in [4.69, 9.17) is 0 Å². The topological polar surface area (TPSA) is 45.7 Å². The maximum absolute atomic E-state index is 13.4. The van der Waals surface area contributed by atoms with Gasteiger partial charge in [0.25, 0.3) is 5.91 Å². The van der Waals surface area contributed by atoms with E-state index in [0.717, 1.165) is 22.4 Å². The van der Waals surface area contributed by atoms with E-state index in [2.05, 4.69) is 5.32 Å². The molecular weight excluding hydrogens is 346 g/mol. The second-order valence-electron chi connectivity index (χ2n) is 6.76. The number of nitrogens with one attached hydrogen (secondary N) is 1. The van der Waals surface area contributed by atoms with Crippen molar-refractivity contribution in [1.29, 1.82) is 0 Å². The molecule has 3 aromatic rings. The third-order valence-electron chi connectivity index (χ3n) is 4.79. The van der Waals surface area contributed by atoms with Crippen LogP contribution < -0.4 is 10.6 Å². The number of hydrogen-bond acceptors (Lipinski definition) is 1. The number of carbonyl (C=O) groups is 1. The van der Waals surface area contributed by atoms with Crippen molar-refractivity contribution in [3.63, 3.8) is 0 Å². The lowest BCUT2D eigenvalue weighted by molar-refractivity contribution is -0.682. The van der Waals surface area contributed by atoms with Crippen LogP contribution in [0.1, 0.15) is 37.1 Å². The molecule has 0 spiro atoms. The van der Waals surface area contributed by atoms with Gasteiger partial charge in [-0.3, -0.25) is 4.79 Å². The van der Waals surface area contributed by atoms with Crippen LogP contribution in [0.2, 0.25) is 0 Å². The summed E-state index contributed by atoms with van der Waals surface area (Å²) < 4.78 is 26.4. The number of fused-ring (bicyclic) bond motifs is 1. The third-order valence-corrected chi connectivity index (χ3v) is 4.79. The van der Waals surface area contributed by atoms with Gasteiger partial charge in [-0.15, -0.1) is 0 Å². The minimum atomic E-state index is -0.873. The van der Waals surface area contributed by atoms with E-state index in [-0.39, 0.29) is 24.5 Å². The van der Waals surface area contributed by atoms with E-state index in [0.29, 0.717) is 5.56 Å². The maximum Gasteiger partial charge on any atom is 0.275 e. The standard InChI is InChI=1S/C22H22F2N2O/c1-14(17-10-11-20(23)21(24)12-17)25-13-22(27)26-15(2)18-9-5-7-16-6-3-4-8-19(16)18/h3-12,14-15,25H,13H2,1-2H3,(H,26,27)/p+1/t14-,15-/m1/s1. The monoisotopic (exact) mass is 369 g/mol. The van der Waals surface area contributed by atoms with Crippen molar-refractivity contribution in [2.24, 2.45) is 0 Å². The first-order chi connectivity index (χ1) is 13.0. The second kappa shape index (κ2) is 8.27. The lowest BCUT2D eigenvalue weighted by Gasteiger charge is -2.17. The molecule has 0 aliphatic carbocycles. The van der Waals surface area contributed by atoms with Crippen molar-refractivity contribution in [2.75, 3.05) is 6.54 Å². The number of carbonyl (C=O) groups excluding carboxylic acids is 1. The first-order valence-electron chi connectivity index (χ1n) is 9.01. The van der Waals surface area contributed by atoms with Crippen LogP contribution in [0.3, 0.4) is 0 Å². The first kappa shape index (κ1) is 19.0. The van der Waals surface area contributed by atoms with Crippen molar-refractivity contribution in [3.05, 3.63) is 83.4 Å². The molecular formula is C22H23F2N2O+. The van der Waals surface area contributed by atoms with Crippen LogP contribution in [0, 0.1) is 11.6 Å². The summed E-state index contributed by atoms with van der Waals surface area (Å²) in [4.78, 5) is 12.3. The Morgan fingerprint density at radius 1 is 1.00 bits per heavy atom. The minimum absolute atomic E-state index is 0.107. The van der Waals surface area contributed by atoms with E-state index in [1.807, 2.05) is 56.3 Å². The van der Waals surface area contributed by atoms with Crippen molar-refractivity contribution in [2.45, 2.75) is 25.9 Å². The van der Waals surface area contributed by atoms with E-state index in [1.54, 1.807) is 5.32 Å². The molecule has 27 heavy (non-hydrogen) atoms. The highest BCUT2D eigenvalue weighted by atomic mass is 19.2. The quantitative estimate of drug-likeness (QED) is 0.685. The lowest BCUT2D eigenvalue weighted by atomic mass is 10.00. The summed E-state index contributed by atoms with van der Waals surface area (Å²) >= 11 is 0. The molecule has 1 amide bonds. The SMILES string of the molecule is C[C@@H](NC(=O)C[NH2+][C@H](C)c1ccc(F)c(F)c1)c1cccc2ccccc12. The van der Waals surface area contributed by atoms with Crippen molar-refractivity contribution >= 4 is 16.7 Å². The molecule has 0 bridgehead atoms. The van der Waals surface area contributed by atoms with Crippen LogP contribution in [-0.4, -0.2) is 12.5 Å². The summed E-state index contributed by atoms with van der Waals surface area (Å²) in [7, 11) is 0. The van der Waals surface area contributed by atoms with Crippen molar-refractivity contribution in [1.82, 2.24) is 5.32 Å². The molecule has 3 N–H and O–H groups in total. The summed E-state index contributed by atoms with van der Waals surface area (Å²) in [6, 6.07) is 17.6. The summed E-state index contributed by atoms with van der Waals surface area (Å²) in [6.45, 7) is 4.02. The first-order valence-corrected chi connectivity index (χ1v) is 9.01. The number of nitrogens with two attached hydrogens (primary N) is 1. The highest BCUT2D eigenvalue weighted by Gasteiger charge is 2.16. The van der Waals surface area contributed by atoms with Crippen molar-refractivity contribution < 1.29 is 18.9 Å². The van der Waals surface area contributed by atoms with Gasteiger partial charge in [0.2, 0.25) is 0 Å². The zero-order valence-corrected chi connectivity index (χ0v) is 15.4. The van der Waals surface area contributed by atoms with Gasteiger partial charge in [-0.2, -0.15) is 0 Å². The molecule has 0 aliphatic rings. The van der Waals surface area contributed by atoms with E-state index in [1.165, 1.54) is 12.1 Å². The molecule has 3 rings (SSSR count). The average Bonchev–Trinajstić information content (AvgIpc) is 2.67. The summed E-state index contributed by atoms with van der Waals surface area (Å²) in [6.07, 6.45) is 0. The molecule has 0 saturated carbocycles. The fraction of sp³-hybridized carbons (Fsp3) is 0.227. The molecule has 0 fully saturated rings. The van der Waals surface area contributed by atoms with E-state index < -0.39 is 11.6 Å². The Hall–Kier alpha value is -2.79. The molecule has 5 heteroatoms. The van der Waals surface area contributed by atoms with Crippen LogP contribution in [0.5, 0.6) is 0 Å². The Bertz CT molecular complexity index is 953. The van der Waals surface area contributed by atoms with Gasteiger partial charge >= 0.3 is 0 Å². The smallest absolute Gasteiger partial charge is 0.275 e. The highest BCUT2D eigenvalue weighted by molar-refractivity contribution is 5.87. The van der Waals surface area contributed by atoms with E-state index in [9.17, 15) is 13.6 Å². The lowest BCUT2D eigenvalue weighted by Crippen LogP contribution is -2.87. The predicted octanol–water partition coefficient (Wildman–Crippen LogP) is 3.62. The Morgan fingerprint density at radius 2 is 1.74 bits per heavy atom. The minimum Gasteiger partial charge on any atom is -0.345 e. The number of rotatable bonds is 6. The predicted molar refractivity (Wildman–Crippen MR) is 102 cm³/mol. The summed E-state index contributed by atoms with van der Waals surface area (Å²) in [5.74, 6) is -1.85. The van der Waals surface area contributed by atoms with Gasteiger partial charge in [-0.25, -0.2) is 8.78 Å². The molecule has 3 nitrogen and oxygen atoms in total. The van der Waals surface area contributed by atoms with Gasteiger partial charge < -0.3 is 10.6 Å². The fourth-order valence-electron chi connectivity index (χ4n) is 3.22.